The van der Waals surface area contributed by atoms with Crippen LogP contribution in [0.1, 0.15) is 15.9 Å². The molecule has 2 heterocycles. The third-order valence-corrected chi connectivity index (χ3v) is 3.46. The minimum atomic E-state index is -0.585. The molecule has 0 unspecified atom stereocenters. The lowest BCUT2D eigenvalue weighted by molar-refractivity contribution is 0.0600. The molecule has 2 aromatic rings. The van der Waals surface area contributed by atoms with Crippen LogP contribution >= 0.6 is 11.3 Å². The molecule has 0 fully saturated rings. The summed E-state index contributed by atoms with van der Waals surface area (Å²) in [6.07, 6.45) is 0. The molecule has 0 aliphatic rings. The third-order valence-electron chi connectivity index (χ3n) is 2.28. The summed E-state index contributed by atoms with van der Waals surface area (Å²) in [6, 6.07) is 7.17. The fourth-order valence-electron chi connectivity index (χ4n) is 1.45. The number of thiophene rings is 1. The van der Waals surface area contributed by atoms with Crippen LogP contribution in [0.4, 0.5) is 0 Å². The molecule has 0 N–H and O–H groups in total. The van der Waals surface area contributed by atoms with E-state index in [9.17, 15) is 4.79 Å². The van der Waals surface area contributed by atoms with Crippen LogP contribution in [0.2, 0.25) is 0 Å². The smallest absolute Gasteiger partial charge is 0.339 e. The Kier molecular flexibility index (Phi) is 3.55. The zero-order chi connectivity index (χ0) is 13.1. The fraction of sp³-hybridized carbons (Fsp3) is 0.0833. The second kappa shape index (κ2) is 5.12. The lowest BCUT2D eigenvalue weighted by Crippen LogP contribution is -2.07. The van der Waals surface area contributed by atoms with Crippen molar-refractivity contribution in [3.8, 4) is 16.6 Å². The maximum Gasteiger partial charge on any atom is 0.339 e. The number of methoxy groups -OCH3 is 1. The average molecular weight is 275 g/mol. The summed E-state index contributed by atoms with van der Waals surface area (Å²) in [7, 11) is 1.26. The first-order chi connectivity index (χ1) is 8.67. The Morgan fingerprint density at radius 1 is 1.61 bits per heavy atom. The van der Waals surface area contributed by atoms with E-state index in [4.69, 9.17) is 17.9 Å². The Morgan fingerprint density at radius 3 is 2.94 bits per heavy atom. The normalized spacial score (nSPS) is 9.78. The van der Waals surface area contributed by atoms with Crippen LogP contribution in [0.15, 0.2) is 28.6 Å². The van der Waals surface area contributed by atoms with Gasteiger partial charge in [0.25, 0.3) is 0 Å². The van der Waals surface area contributed by atoms with Crippen molar-refractivity contribution in [1.82, 2.24) is 4.98 Å². The van der Waals surface area contributed by atoms with Gasteiger partial charge in [-0.05, 0) is 17.5 Å². The Hall–Kier alpha value is -1.97. The van der Waals surface area contributed by atoms with Gasteiger partial charge in [0.2, 0.25) is 0 Å². The summed E-state index contributed by atoms with van der Waals surface area (Å²) in [5.74, 6) is -0.585. The molecular weight excluding hydrogens is 268 g/mol. The highest BCUT2D eigenvalue weighted by Gasteiger charge is 2.15. The van der Waals surface area contributed by atoms with E-state index in [-0.39, 0.29) is 16.2 Å². The summed E-state index contributed by atoms with van der Waals surface area (Å²) in [4.78, 5) is 16.7. The first kappa shape index (κ1) is 12.5. The Balaban J connectivity index is 2.64. The number of pyridine rings is 1. The summed E-state index contributed by atoms with van der Waals surface area (Å²) in [5.41, 5.74) is 0.815. The summed E-state index contributed by atoms with van der Waals surface area (Å²) in [6.45, 7) is 0. The quantitative estimate of drug-likeness (QED) is 0.622. The molecule has 0 spiro atoms. The molecule has 18 heavy (non-hydrogen) atoms. The first-order valence-electron chi connectivity index (χ1n) is 4.91. The van der Waals surface area contributed by atoms with Crippen LogP contribution in [-0.2, 0) is 17.4 Å². The van der Waals surface area contributed by atoms with Crippen LogP contribution in [0.5, 0.6) is 0 Å². The summed E-state index contributed by atoms with van der Waals surface area (Å²) >= 11 is 6.51. The fourth-order valence-corrected chi connectivity index (χ4v) is 2.39. The van der Waals surface area contributed by atoms with Gasteiger partial charge in [-0.25, -0.2) is 4.79 Å². The van der Waals surface area contributed by atoms with Crippen LogP contribution < -0.4 is 0 Å². The molecule has 2 rings (SSSR count). The van der Waals surface area contributed by atoms with Crippen molar-refractivity contribution in [2.75, 3.05) is 7.11 Å². The van der Waals surface area contributed by atoms with E-state index in [0.29, 0.717) is 5.69 Å². The van der Waals surface area contributed by atoms with Gasteiger partial charge in [0, 0.05) is 0 Å². The van der Waals surface area contributed by atoms with Gasteiger partial charge in [-0.1, -0.05) is 11.1 Å². The highest BCUT2D eigenvalue weighted by molar-refractivity contribution is 7.58. The SMILES string of the molecule is COC(=O)c1cc(-c2cccs2)nc([S-])c1C#N. The van der Waals surface area contributed by atoms with Crippen LogP contribution in [0.25, 0.3) is 10.6 Å². The van der Waals surface area contributed by atoms with E-state index in [1.807, 2.05) is 23.6 Å². The van der Waals surface area contributed by atoms with Gasteiger partial charge >= 0.3 is 5.97 Å². The van der Waals surface area contributed by atoms with E-state index in [2.05, 4.69) is 9.72 Å². The number of nitrogens with zero attached hydrogens (tertiary/aromatic N) is 2. The van der Waals surface area contributed by atoms with Crippen molar-refractivity contribution in [2.24, 2.45) is 0 Å². The molecule has 0 aromatic carbocycles. The molecule has 0 saturated carbocycles. The van der Waals surface area contributed by atoms with Crippen molar-refractivity contribution in [1.29, 1.82) is 5.26 Å². The molecule has 0 saturated heterocycles. The Morgan fingerprint density at radius 2 is 2.39 bits per heavy atom. The molecule has 90 valence electrons. The maximum atomic E-state index is 11.6. The molecule has 4 nitrogen and oxygen atoms in total. The molecule has 2 aromatic heterocycles. The van der Waals surface area contributed by atoms with Crippen molar-refractivity contribution in [3.63, 3.8) is 0 Å². The van der Waals surface area contributed by atoms with Crippen LogP contribution in [0.3, 0.4) is 0 Å². The Labute approximate surface area is 113 Å². The van der Waals surface area contributed by atoms with E-state index < -0.39 is 5.97 Å². The largest absolute Gasteiger partial charge is 0.759 e. The van der Waals surface area contributed by atoms with Crippen LogP contribution in [-0.4, -0.2) is 18.1 Å². The second-order valence-electron chi connectivity index (χ2n) is 3.32. The standard InChI is InChI=1S/C12H8N2O2S2/c1-16-12(15)7-5-9(10-3-2-4-18-10)14-11(17)8(7)6-13/h2-5H,1H3,(H,14,17)/p-1. The molecule has 0 atom stereocenters. The predicted molar refractivity (Wildman–Crippen MR) is 69.2 cm³/mol. The monoisotopic (exact) mass is 275 g/mol. The summed E-state index contributed by atoms with van der Waals surface area (Å²) in [5, 5.41) is 11.0. The second-order valence-corrected chi connectivity index (χ2v) is 4.65. The van der Waals surface area contributed by atoms with Gasteiger partial charge < -0.3 is 17.4 Å². The lowest BCUT2D eigenvalue weighted by atomic mass is 10.1. The van der Waals surface area contributed by atoms with Gasteiger partial charge in [-0.15, -0.1) is 11.3 Å². The molecular formula is C12H7N2O2S2-. The topological polar surface area (TPSA) is 63.0 Å². The number of rotatable bonds is 2. The number of nitriles is 1. The van der Waals surface area contributed by atoms with Gasteiger partial charge in [0.05, 0.1) is 28.8 Å². The van der Waals surface area contributed by atoms with Gasteiger partial charge in [0.15, 0.2) is 0 Å². The molecule has 6 heteroatoms. The number of hydrogen-bond acceptors (Lipinski definition) is 6. The zero-order valence-corrected chi connectivity index (χ0v) is 11.0. The Bertz CT molecular complexity index is 630. The lowest BCUT2D eigenvalue weighted by Gasteiger charge is -2.13. The zero-order valence-electron chi connectivity index (χ0n) is 9.34. The predicted octanol–water partition coefficient (Wildman–Crippen LogP) is 2.37. The van der Waals surface area contributed by atoms with Crippen molar-refractivity contribution in [2.45, 2.75) is 5.03 Å². The van der Waals surface area contributed by atoms with Gasteiger partial charge in [-0.2, -0.15) is 5.26 Å². The first-order valence-corrected chi connectivity index (χ1v) is 6.20. The maximum absolute atomic E-state index is 11.6. The third kappa shape index (κ3) is 2.18. The van der Waals surface area contributed by atoms with Gasteiger partial charge in [-0.3, -0.25) is 4.98 Å². The molecule has 0 radical (unpaired) electrons. The highest BCUT2D eigenvalue weighted by Crippen LogP contribution is 2.26. The molecule has 0 aliphatic carbocycles. The highest BCUT2D eigenvalue weighted by atomic mass is 32.1. The van der Waals surface area contributed by atoms with Crippen molar-refractivity contribution in [3.05, 3.63) is 34.7 Å². The molecule has 0 amide bonds. The van der Waals surface area contributed by atoms with E-state index in [1.54, 1.807) is 0 Å². The number of carbonyl (C=O) groups is 1. The number of carbonyl (C=O) groups excluding carboxylic acids is 1. The average Bonchev–Trinajstić information content (AvgIpc) is 2.90. The number of aromatic nitrogens is 1. The molecule has 0 bridgehead atoms. The van der Waals surface area contributed by atoms with Crippen molar-refractivity contribution >= 4 is 29.9 Å². The number of ether oxygens (including phenoxy) is 1. The summed E-state index contributed by atoms with van der Waals surface area (Å²) < 4.78 is 4.65. The van der Waals surface area contributed by atoms with E-state index >= 15 is 0 Å². The molecule has 0 aliphatic heterocycles. The number of esters is 1. The van der Waals surface area contributed by atoms with E-state index in [0.717, 1.165) is 4.88 Å². The van der Waals surface area contributed by atoms with Gasteiger partial charge in [0.1, 0.15) is 6.07 Å². The minimum Gasteiger partial charge on any atom is -0.759 e. The van der Waals surface area contributed by atoms with Crippen LogP contribution in [0, 0.1) is 11.3 Å². The minimum absolute atomic E-state index is 0.0807. The van der Waals surface area contributed by atoms with E-state index in [1.165, 1.54) is 24.5 Å². The van der Waals surface area contributed by atoms with Crippen molar-refractivity contribution < 1.29 is 9.53 Å². The number of hydrogen-bond donors (Lipinski definition) is 0.